The lowest BCUT2D eigenvalue weighted by atomic mass is 10.1. The fourth-order valence-electron chi connectivity index (χ4n) is 4.18. The summed E-state index contributed by atoms with van der Waals surface area (Å²) < 4.78 is 14.6. The number of hydrogen-bond acceptors (Lipinski definition) is 6. The third kappa shape index (κ3) is 4.96. The van der Waals surface area contributed by atoms with Crippen molar-refractivity contribution in [3.8, 4) is 5.75 Å². The topological polar surface area (TPSA) is 116 Å². The first-order valence-corrected chi connectivity index (χ1v) is 11.4. The minimum atomic E-state index is -0.483. The second-order valence-corrected chi connectivity index (χ2v) is 8.53. The molecule has 1 aliphatic rings. The van der Waals surface area contributed by atoms with Crippen LogP contribution in [0.15, 0.2) is 53.3 Å². The summed E-state index contributed by atoms with van der Waals surface area (Å²) in [5.74, 6) is 0.569. The van der Waals surface area contributed by atoms with Gasteiger partial charge in [-0.3, -0.25) is 19.0 Å². The van der Waals surface area contributed by atoms with E-state index in [1.807, 2.05) is 12.3 Å². The molecule has 10 heteroatoms. The first-order valence-electron chi connectivity index (χ1n) is 11.4. The highest BCUT2D eigenvalue weighted by atomic mass is 16.5. The van der Waals surface area contributed by atoms with Crippen LogP contribution in [0.3, 0.4) is 0 Å². The third-order valence-electron chi connectivity index (χ3n) is 5.95. The fourth-order valence-corrected chi connectivity index (χ4v) is 4.18. The quantitative estimate of drug-likeness (QED) is 0.406. The molecule has 2 N–H and O–H groups in total. The number of rotatable bonds is 8. The van der Waals surface area contributed by atoms with E-state index < -0.39 is 5.91 Å². The van der Waals surface area contributed by atoms with Gasteiger partial charge in [0, 0.05) is 32.4 Å². The van der Waals surface area contributed by atoms with E-state index in [2.05, 4.69) is 33.0 Å². The van der Waals surface area contributed by atoms with Gasteiger partial charge in [-0.25, -0.2) is 0 Å². The number of hydrogen-bond donors (Lipinski definition) is 2. The van der Waals surface area contributed by atoms with Gasteiger partial charge in [-0.1, -0.05) is 6.07 Å². The maximum Gasteiger partial charge on any atom is 0.291 e. The van der Waals surface area contributed by atoms with Crippen molar-refractivity contribution in [1.82, 2.24) is 24.9 Å². The van der Waals surface area contributed by atoms with Crippen molar-refractivity contribution >= 4 is 17.5 Å². The molecule has 0 spiro atoms. The summed E-state index contributed by atoms with van der Waals surface area (Å²) in [4.78, 5) is 25.5. The number of carbonyl (C=O) groups excluding carboxylic acids is 2. The van der Waals surface area contributed by atoms with Crippen LogP contribution in [-0.2, 0) is 40.1 Å². The number of aromatic nitrogens is 4. The molecule has 180 valence electrons. The molecular weight excluding hydrogens is 448 g/mol. The highest BCUT2D eigenvalue weighted by Gasteiger charge is 2.21. The highest BCUT2D eigenvalue weighted by Crippen LogP contribution is 2.26. The van der Waals surface area contributed by atoms with Gasteiger partial charge >= 0.3 is 0 Å². The molecule has 10 nitrogen and oxygen atoms in total. The molecule has 0 saturated heterocycles. The average Bonchev–Trinajstić information content (AvgIpc) is 3.64. The van der Waals surface area contributed by atoms with Crippen molar-refractivity contribution in [3.05, 3.63) is 82.8 Å². The maximum absolute atomic E-state index is 12.8. The van der Waals surface area contributed by atoms with Crippen LogP contribution in [0.4, 0.5) is 5.69 Å². The Kier molecular flexibility index (Phi) is 6.09. The number of amides is 2. The van der Waals surface area contributed by atoms with Crippen LogP contribution in [-0.4, -0.2) is 31.4 Å². The van der Waals surface area contributed by atoms with E-state index in [0.717, 1.165) is 24.2 Å². The standard InChI is InChI=1S/C25H26N6O4/c1-30-14-16(12-27-30)11-26-25(33)23-21(13-28-31(23)2)29-24(32)22-9-8-20(35-22)15-34-19-7-6-17-4-3-5-18(17)10-19/h6-10,12-14H,3-5,11,15H2,1-2H3,(H,26,33)(H,29,32). The van der Waals surface area contributed by atoms with Gasteiger partial charge in [0.1, 0.15) is 23.8 Å². The molecule has 3 heterocycles. The van der Waals surface area contributed by atoms with Gasteiger partial charge in [0.05, 0.1) is 18.1 Å². The minimum Gasteiger partial charge on any atom is -0.486 e. The van der Waals surface area contributed by atoms with Crippen molar-refractivity contribution in [2.75, 3.05) is 5.32 Å². The van der Waals surface area contributed by atoms with Gasteiger partial charge < -0.3 is 19.8 Å². The second kappa shape index (κ2) is 9.49. The predicted molar refractivity (Wildman–Crippen MR) is 127 cm³/mol. The smallest absolute Gasteiger partial charge is 0.291 e. The van der Waals surface area contributed by atoms with Crippen LogP contribution in [0.1, 0.15) is 49.9 Å². The zero-order chi connectivity index (χ0) is 24.4. The van der Waals surface area contributed by atoms with Crippen LogP contribution < -0.4 is 15.4 Å². The number of nitrogens with zero attached hydrogens (tertiary/aromatic N) is 4. The van der Waals surface area contributed by atoms with Crippen LogP contribution in [0.25, 0.3) is 0 Å². The number of benzene rings is 1. The van der Waals surface area contributed by atoms with Gasteiger partial charge in [0.15, 0.2) is 5.76 Å². The van der Waals surface area contributed by atoms with E-state index in [4.69, 9.17) is 9.15 Å². The average molecular weight is 475 g/mol. The molecule has 35 heavy (non-hydrogen) atoms. The van der Waals surface area contributed by atoms with E-state index in [1.165, 1.54) is 28.4 Å². The first-order chi connectivity index (χ1) is 17.0. The maximum atomic E-state index is 12.8. The molecule has 1 aliphatic carbocycles. The molecule has 3 aromatic heterocycles. The Bertz CT molecular complexity index is 1380. The summed E-state index contributed by atoms with van der Waals surface area (Å²) in [5.41, 5.74) is 4.09. The Labute approximate surface area is 201 Å². The van der Waals surface area contributed by atoms with Crippen LogP contribution in [0.2, 0.25) is 0 Å². The molecule has 0 radical (unpaired) electrons. The van der Waals surface area contributed by atoms with Crippen molar-refractivity contribution in [2.24, 2.45) is 14.1 Å². The van der Waals surface area contributed by atoms with Crippen molar-refractivity contribution in [1.29, 1.82) is 0 Å². The van der Waals surface area contributed by atoms with E-state index >= 15 is 0 Å². The largest absolute Gasteiger partial charge is 0.486 e. The summed E-state index contributed by atoms with van der Waals surface area (Å²) in [6.45, 7) is 0.512. The molecule has 0 atom stereocenters. The van der Waals surface area contributed by atoms with Gasteiger partial charge in [-0.05, 0) is 54.7 Å². The molecule has 2 amide bonds. The predicted octanol–water partition coefficient (Wildman–Crippen LogP) is 3.00. The Morgan fingerprint density at radius 3 is 2.74 bits per heavy atom. The van der Waals surface area contributed by atoms with Crippen molar-refractivity contribution in [2.45, 2.75) is 32.4 Å². The number of ether oxygens (including phenoxy) is 1. The number of furan rings is 1. The van der Waals surface area contributed by atoms with Gasteiger partial charge in [-0.2, -0.15) is 10.2 Å². The normalized spacial score (nSPS) is 12.4. The van der Waals surface area contributed by atoms with Crippen LogP contribution >= 0.6 is 0 Å². The monoisotopic (exact) mass is 474 g/mol. The first kappa shape index (κ1) is 22.5. The molecule has 0 bridgehead atoms. The lowest BCUT2D eigenvalue weighted by Gasteiger charge is -2.08. The fraction of sp³-hybridized carbons (Fsp3) is 0.280. The number of nitrogens with one attached hydrogen (secondary N) is 2. The summed E-state index contributed by atoms with van der Waals surface area (Å²) in [7, 11) is 3.44. The van der Waals surface area contributed by atoms with Crippen LogP contribution in [0.5, 0.6) is 5.75 Å². The lowest BCUT2D eigenvalue weighted by molar-refractivity contribution is 0.0942. The van der Waals surface area contributed by atoms with Crippen molar-refractivity contribution < 1.29 is 18.7 Å². The van der Waals surface area contributed by atoms with E-state index in [1.54, 1.807) is 37.1 Å². The molecule has 0 aliphatic heterocycles. The molecule has 0 saturated carbocycles. The SMILES string of the molecule is Cn1cc(CNC(=O)c2c(NC(=O)c3ccc(COc4ccc5c(c4)CCC5)o3)cnn2C)cn1. The molecule has 1 aromatic carbocycles. The Hall–Kier alpha value is -4.34. The lowest BCUT2D eigenvalue weighted by Crippen LogP contribution is -2.26. The summed E-state index contributed by atoms with van der Waals surface area (Å²) in [5, 5.41) is 13.7. The number of aryl methyl sites for hydroxylation is 4. The molecule has 5 rings (SSSR count). The van der Waals surface area contributed by atoms with E-state index in [-0.39, 0.29) is 29.7 Å². The summed E-state index contributed by atoms with van der Waals surface area (Å²) in [6.07, 6.45) is 8.30. The second-order valence-electron chi connectivity index (χ2n) is 8.53. The number of anilines is 1. The molecule has 0 unspecified atom stereocenters. The van der Waals surface area contributed by atoms with E-state index in [9.17, 15) is 9.59 Å². The van der Waals surface area contributed by atoms with Crippen molar-refractivity contribution in [3.63, 3.8) is 0 Å². The number of fused-ring (bicyclic) bond motifs is 1. The Balaban J connectivity index is 1.20. The zero-order valence-electron chi connectivity index (χ0n) is 19.6. The van der Waals surface area contributed by atoms with E-state index in [0.29, 0.717) is 12.3 Å². The minimum absolute atomic E-state index is 0.114. The summed E-state index contributed by atoms with van der Waals surface area (Å²) >= 11 is 0. The summed E-state index contributed by atoms with van der Waals surface area (Å²) in [6, 6.07) is 9.42. The zero-order valence-corrected chi connectivity index (χ0v) is 19.6. The van der Waals surface area contributed by atoms with Crippen LogP contribution in [0, 0.1) is 0 Å². The molecular formula is C25H26N6O4. The third-order valence-corrected chi connectivity index (χ3v) is 5.95. The van der Waals surface area contributed by atoms with Gasteiger partial charge in [0.2, 0.25) is 0 Å². The van der Waals surface area contributed by atoms with Gasteiger partial charge in [-0.15, -0.1) is 0 Å². The number of carbonyl (C=O) groups is 2. The Morgan fingerprint density at radius 2 is 1.91 bits per heavy atom. The van der Waals surface area contributed by atoms with Gasteiger partial charge in [0.25, 0.3) is 11.8 Å². The molecule has 0 fully saturated rings. The highest BCUT2D eigenvalue weighted by molar-refractivity contribution is 6.07. The Morgan fingerprint density at radius 1 is 1.06 bits per heavy atom. The molecule has 4 aromatic rings.